The molecule has 1 saturated heterocycles. The third kappa shape index (κ3) is 11.9. The number of carbonyl (C=O) groups excluding carboxylic acids is 1. The number of nitrogens with zero attached hydrogens (tertiary/aromatic N) is 2. The van der Waals surface area contributed by atoms with Crippen molar-refractivity contribution >= 4 is 5.91 Å². The van der Waals surface area contributed by atoms with E-state index in [9.17, 15) is 4.79 Å². The van der Waals surface area contributed by atoms with Crippen molar-refractivity contribution < 1.29 is 19.0 Å². The molecule has 0 bridgehead atoms. The number of rotatable bonds is 16. The monoisotopic (exact) mass is 597 g/mol. The normalized spacial score (nSPS) is 17.8. The minimum Gasteiger partial charge on any atom is -0.493 e. The summed E-state index contributed by atoms with van der Waals surface area (Å²) in [6.07, 6.45) is 21.6. The van der Waals surface area contributed by atoms with Gasteiger partial charge in [-0.1, -0.05) is 64.8 Å². The number of hydrogen-bond donors (Lipinski definition) is 1. The number of benzene rings is 1. The summed E-state index contributed by atoms with van der Waals surface area (Å²) in [6.45, 7) is 16.6. The summed E-state index contributed by atoms with van der Waals surface area (Å²) in [4.78, 5) is 18.1. The molecule has 0 saturated carbocycles. The van der Waals surface area contributed by atoms with Crippen LogP contribution in [-0.2, 0) is 4.79 Å². The van der Waals surface area contributed by atoms with Gasteiger partial charge in [0, 0.05) is 25.7 Å². The largest absolute Gasteiger partial charge is 0.493 e. The van der Waals surface area contributed by atoms with Crippen molar-refractivity contribution in [1.29, 1.82) is 0 Å². The van der Waals surface area contributed by atoms with Crippen LogP contribution in [0.25, 0.3) is 0 Å². The number of ether oxygens (including phenoxy) is 3. The van der Waals surface area contributed by atoms with Crippen LogP contribution in [0.15, 0.2) is 35.9 Å². The number of carbonyl (C=O) groups is 1. The summed E-state index contributed by atoms with van der Waals surface area (Å²) in [7, 11) is 1.67. The summed E-state index contributed by atoms with van der Waals surface area (Å²) < 4.78 is 17.0. The van der Waals surface area contributed by atoms with Crippen LogP contribution in [0.1, 0.15) is 98.0 Å². The summed E-state index contributed by atoms with van der Waals surface area (Å²) in [5.41, 5.74) is 8.38. The number of terminal acetylenes is 1. The van der Waals surface area contributed by atoms with E-state index in [1.54, 1.807) is 7.11 Å². The maximum Gasteiger partial charge on any atom is 0.236 e. The SMILES string of the molecule is C#C.C/C=C\C=C(\CCC1CC(c2cc(OC)c3c(c2)OCO3)CN1CC(=O)N(CCCC)CCCCN)C(C)C.CC. The van der Waals surface area contributed by atoms with Crippen LogP contribution in [0.2, 0.25) is 0 Å². The van der Waals surface area contributed by atoms with Crippen LogP contribution in [0.5, 0.6) is 17.2 Å². The number of unbranched alkanes of at least 4 members (excludes halogenated alkanes) is 2. The second-order valence-electron chi connectivity index (χ2n) is 11.2. The Morgan fingerprint density at radius 2 is 1.91 bits per heavy atom. The quantitative estimate of drug-likeness (QED) is 0.124. The molecule has 1 aromatic rings. The Hall–Kier alpha value is -2.95. The van der Waals surface area contributed by atoms with E-state index in [4.69, 9.17) is 19.9 Å². The standard InChI is InChI=1S/C32H51N3O4.C2H6.C2H2/c1-6-8-12-25(24(3)4)13-14-28-18-27(26-19-29(37-5)32-30(20-26)38-23-39-32)21-35(28)22-31(36)34(16-9-7-2)17-11-10-15-33;2*1-2/h6,8,12,19-20,24,27-28H,7,9-11,13-18,21-23,33H2,1-5H3;1-2H3;1-2H/b8-6-,25-12-;;. The van der Waals surface area contributed by atoms with Gasteiger partial charge in [0.05, 0.1) is 13.7 Å². The molecule has 2 heterocycles. The summed E-state index contributed by atoms with van der Waals surface area (Å²) in [5.74, 6) is 3.18. The Balaban J connectivity index is 0.00000221. The third-order valence-corrected chi connectivity index (χ3v) is 8.05. The molecular formula is C36H59N3O4. The van der Waals surface area contributed by atoms with Gasteiger partial charge in [0.1, 0.15) is 0 Å². The number of nitrogens with two attached hydrogens (primary N) is 1. The van der Waals surface area contributed by atoms with Gasteiger partial charge in [-0.25, -0.2) is 0 Å². The van der Waals surface area contributed by atoms with Gasteiger partial charge >= 0.3 is 0 Å². The molecular weight excluding hydrogens is 538 g/mol. The van der Waals surface area contributed by atoms with Gasteiger partial charge in [-0.2, -0.15) is 0 Å². The topological polar surface area (TPSA) is 77.3 Å². The van der Waals surface area contributed by atoms with E-state index in [0.717, 1.165) is 70.3 Å². The van der Waals surface area contributed by atoms with E-state index < -0.39 is 0 Å². The Kier molecular flexibility index (Phi) is 19.2. The molecule has 0 aromatic heterocycles. The van der Waals surface area contributed by atoms with E-state index in [-0.39, 0.29) is 12.7 Å². The highest BCUT2D eigenvalue weighted by Crippen LogP contribution is 2.45. The van der Waals surface area contributed by atoms with E-state index in [0.29, 0.717) is 42.5 Å². The minimum absolute atomic E-state index is 0.220. The van der Waals surface area contributed by atoms with E-state index >= 15 is 0 Å². The number of allylic oxidation sites excluding steroid dienone is 4. The van der Waals surface area contributed by atoms with Crippen LogP contribution < -0.4 is 19.9 Å². The van der Waals surface area contributed by atoms with Crippen molar-refractivity contribution in [2.75, 3.05) is 46.6 Å². The fourth-order valence-electron chi connectivity index (χ4n) is 5.65. The highest BCUT2D eigenvalue weighted by molar-refractivity contribution is 5.78. The first-order valence-electron chi connectivity index (χ1n) is 16.3. The number of hydrogen-bond acceptors (Lipinski definition) is 6. The molecule has 2 unspecified atom stereocenters. The zero-order valence-electron chi connectivity index (χ0n) is 28.1. The van der Waals surface area contributed by atoms with Gasteiger partial charge in [-0.15, -0.1) is 12.8 Å². The predicted octanol–water partition coefficient (Wildman–Crippen LogP) is 7.16. The summed E-state index contributed by atoms with van der Waals surface area (Å²) >= 11 is 0. The van der Waals surface area contributed by atoms with Gasteiger partial charge in [0.2, 0.25) is 18.4 Å². The highest BCUT2D eigenvalue weighted by Gasteiger charge is 2.36. The molecule has 3 rings (SSSR count). The van der Waals surface area contributed by atoms with Crippen molar-refractivity contribution in [3.8, 4) is 30.1 Å². The van der Waals surface area contributed by atoms with Crippen molar-refractivity contribution in [3.63, 3.8) is 0 Å². The Bertz CT molecular complexity index is 1020. The molecule has 43 heavy (non-hydrogen) atoms. The number of methoxy groups -OCH3 is 1. The first-order valence-corrected chi connectivity index (χ1v) is 16.3. The number of fused-ring (bicyclic) bond motifs is 1. The molecule has 1 aromatic carbocycles. The van der Waals surface area contributed by atoms with Crippen molar-refractivity contribution in [3.05, 3.63) is 41.5 Å². The predicted molar refractivity (Wildman–Crippen MR) is 180 cm³/mol. The van der Waals surface area contributed by atoms with Crippen molar-refractivity contribution in [1.82, 2.24) is 9.80 Å². The zero-order valence-corrected chi connectivity index (χ0v) is 28.1. The van der Waals surface area contributed by atoms with Crippen LogP contribution in [-0.4, -0.2) is 68.4 Å². The molecule has 2 aliphatic heterocycles. The van der Waals surface area contributed by atoms with Gasteiger partial charge in [-0.3, -0.25) is 9.69 Å². The summed E-state index contributed by atoms with van der Waals surface area (Å²) in [6, 6.07) is 4.52. The second kappa shape index (κ2) is 21.7. The van der Waals surface area contributed by atoms with E-state index in [2.05, 4.69) is 80.7 Å². The molecule has 0 spiro atoms. The highest BCUT2D eigenvalue weighted by atomic mass is 16.7. The van der Waals surface area contributed by atoms with Crippen LogP contribution >= 0.6 is 0 Å². The average molecular weight is 598 g/mol. The van der Waals surface area contributed by atoms with Crippen molar-refractivity contribution in [2.45, 2.75) is 98.4 Å². The number of likely N-dealkylation sites (tertiary alicyclic amines) is 1. The fourth-order valence-corrected chi connectivity index (χ4v) is 5.65. The van der Waals surface area contributed by atoms with Crippen molar-refractivity contribution in [2.24, 2.45) is 11.7 Å². The smallest absolute Gasteiger partial charge is 0.236 e. The van der Waals surface area contributed by atoms with Crippen LogP contribution in [0, 0.1) is 18.8 Å². The Labute approximate surface area is 262 Å². The molecule has 2 atom stereocenters. The van der Waals surface area contributed by atoms with E-state index in [1.807, 2.05) is 13.8 Å². The molecule has 1 amide bonds. The van der Waals surface area contributed by atoms with Gasteiger partial charge in [0.15, 0.2) is 11.5 Å². The maximum absolute atomic E-state index is 13.6. The molecule has 242 valence electrons. The average Bonchev–Trinajstić information content (AvgIpc) is 3.67. The Morgan fingerprint density at radius 1 is 1.19 bits per heavy atom. The minimum atomic E-state index is 0.220. The first-order chi connectivity index (χ1) is 20.9. The first kappa shape index (κ1) is 38.1. The molecule has 7 nitrogen and oxygen atoms in total. The molecule has 0 radical (unpaired) electrons. The molecule has 1 fully saturated rings. The van der Waals surface area contributed by atoms with E-state index in [1.165, 1.54) is 11.1 Å². The third-order valence-electron chi connectivity index (χ3n) is 8.05. The lowest BCUT2D eigenvalue weighted by molar-refractivity contribution is -0.132. The van der Waals surface area contributed by atoms with Gasteiger partial charge < -0.3 is 24.8 Å². The fraction of sp³-hybridized carbons (Fsp3) is 0.639. The maximum atomic E-state index is 13.6. The summed E-state index contributed by atoms with van der Waals surface area (Å²) in [5, 5.41) is 0. The van der Waals surface area contributed by atoms with Crippen LogP contribution in [0.4, 0.5) is 0 Å². The lowest BCUT2D eigenvalue weighted by Crippen LogP contribution is -2.43. The lowest BCUT2D eigenvalue weighted by Gasteiger charge is -2.29. The Morgan fingerprint density at radius 3 is 2.53 bits per heavy atom. The zero-order chi connectivity index (χ0) is 32.2. The van der Waals surface area contributed by atoms with Gasteiger partial charge in [0.25, 0.3) is 0 Å². The second-order valence-corrected chi connectivity index (χ2v) is 11.2. The number of amides is 1. The molecule has 2 aliphatic rings. The van der Waals surface area contributed by atoms with Gasteiger partial charge in [-0.05, 0) is 81.5 Å². The molecule has 7 heteroatoms. The molecule has 0 aliphatic carbocycles. The lowest BCUT2D eigenvalue weighted by atomic mass is 9.91. The van der Waals surface area contributed by atoms with Crippen LogP contribution in [0.3, 0.4) is 0 Å². The molecule has 2 N–H and O–H groups in total.